The minimum atomic E-state index is -0.207. The van der Waals surface area contributed by atoms with Crippen molar-refractivity contribution in [3.63, 3.8) is 0 Å². The summed E-state index contributed by atoms with van der Waals surface area (Å²) in [5.74, 6) is 1.13. The topological polar surface area (TPSA) is 75.4 Å². The Labute approximate surface area is 134 Å². The minimum absolute atomic E-state index is 0.0225. The van der Waals surface area contributed by atoms with Gasteiger partial charge >= 0.3 is 0 Å². The van der Waals surface area contributed by atoms with E-state index in [-0.39, 0.29) is 23.8 Å². The molecule has 2 aliphatic rings. The summed E-state index contributed by atoms with van der Waals surface area (Å²) in [4.78, 5) is 25.9. The number of carbonyl (C=O) groups is 2. The summed E-state index contributed by atoms with van der Waals surface area (Å²) in [6.07, 6.45) is 5.10. The maximum absolute atomic E-state index is 12.5. The van der Waals surface area contributed by atoms with Crippen LogP contribution in [0.25, 0.3) is 0 Å². The average molecular weight is 309 g/mol. The van der Waals surface area contributed by atoms with Crippen molar-refractivity contribution < 1.29 is 9.59 Å². The first kappa shape index (κ1) is 17.3. The summed E-state index contributed by atoms with van der Waals surface area (Å²) < 4.78 is 0. The molecule has 5 nitrogen and oxygen atoms in total. The predicted molar refractivity (Wildman–Crippen MR) is 87.1 cm³/mol. The lowest BCUT2D eigenvalue weighted by atomic mass is 9.78. The van der Waals surface area contributed by atoms with Gasteiger partial charge in [0.25, 0.3) is 0 Å². The van der Waals surface area contributed by atoms with Crippen molar-refractivity contribution in [2.24, 2.45) is 23.5 Å². The number of nitrogens with one attached hydrogen (secondary N) is 1. The highest BCUT2D eigenvalue weighted by molar-refractivity contribution is 5.81. The van der Waals surface area contributed by atoms with E-state index in [1.165, 1.54) is 12.8 Å². The molecular weight excluding hydrogens is 278 g/mol. The minimum Gasteiger partial charge on any atom is -0.369 e. The fraction of sp³-hybridized carbons (Fsp3) is 0.882. The zero-order valence-corrected chi connectivity index (χ0v) is 14.2. The zero-order valence-electron chi connectivity index (χ0n) is 14.2. The lowest BCUT2D eigenvalue weighted by Gasteiger charge is -2.38. The van der Waals surface area contributed by atoms with Crippen molar-refractivity contribution in [3.8, 4) is 0 Å². The molecule has 22 heavy (non-hydrogen) atoms. The first-order chi connectivity index (χ1) is 10.4. The Morgan fingerprint density at radius 2 is 1.77 bits per heavy atom. The number of piperidine rings is 1. The molecule has 4 atom stereocenters. The Morgan fingerprint density at radius 3 is 2.36 bits per heavy atom. The van der Waals surface area contributed by atoms with Gasteiger partial charge in [0, 0.05) is 12.0 Å². The summed E-state index contributed by atoms with van der Waals surface area (Å²) >= 11 is 0. The van der Waals surface area contributed by atoms with Crippen LogP contribution in [0.1, 0.15) is 52.9 Å². The number of hydrogen-bond acceptors (Lipinski definition) is 3. The fourth-order valence-corrected chi connectivity index (χ4v) is 3.83. The number of rotatable bonds is 4. The molecular formula is C17H31N3O2. The van der Waals surface area contributed by atoms with Gasteiger partial charge in [0.1, 0.15) is 0 Å². The Hall–Kier alpha value is -1.10. The molecule has 0 radical (unpaired) electrons. The van der Waals surface area contributed by atoms with Crippen LogP contribution in [0.3, 0.4) is 0 Å². The van der Waals surface area contributed by atoms with Crippen LogP contribution in [0.5, 0.6) is 0 Å². The molecule has 0 bridgehead atoms. The highest BCUT2D eigenvalue weighted by Gasteiger charge is 2.32. The first-order valence-electron chi connectivity index (χ1n) is 8.74. The molecule has 2 amide bonds. The maximum atomic E-state index is 12.5. The van der Waals surface area contributed by atoms with Gasteiger partial charge in [0.05, 0.1) is 6.04 Å². The van der Waals surface area contributed by atoms with E-state index in [1.54, 1.807) is 0 Å². The Morgan fingerprint density at radius 1 is 1.14 bits per heavy atom. The molecule has 2 fully saturated rings. The van der Waals surface area contributed by atoms with Crippen LogP contribution in [0.15, 0.2) is 0 Å². The Bertz CT molecular complexity index is 405. The summed E-state index contributed by atoms with van der Waals surface area (Å²) in [7, 11) is 0. The Balaban J connectivity index is 1.83. The smallest absolute Gasteiger partial charge is 0.237 e. The molecule has 0 unspecified atom stereocenters. The van der Waals surface area contributed by atoms with Crippen LogP contribution < -0.4 is 11.1 Å². The van der Waals surface area contributed by atoms with E-state index in [4.69, 9.17) is 5.73 Å². The molecule has 5 heteroatoms. The number of nitrogens with two attached hydrogens (primary N) is 1. The summed E-state index contributed by atoms with van der Waals surface area (Å²) in [5, 5.41) is 3.26. The van der Waals surface area contributed by atoms with Crippen molar-refractivity contribution in [1.82, 2.24) is 10.2 Å². The van der Waals surface area contributed by atoms with Crippen LogP contribution in [-0.4, -0.2) is 41.9 Å². The highest BCUT2D eigenvalue weighted by Crippen LogP contribution is 2.29. The highest BCUT2D eigenvalue weighted by atomic mass is 16.2. The molecule has 2 rings (SSSR count). The predicted octanol–water partition coefficient (Wildman–Crippen LogP) is 1.51. The van der Waals surface area contributed by atoms with E-state index in [9.17, 15) is 9.59 Å². The molecule has 1 saturated carbocycles. The van der Waals surface area contributed by atoms with Crippen LogP contribution in [0.4, 0.5) is 0 Å². The van der Waals surface area contributed by atoms with E-state index in [0.29, 0.717) is 17.9 Å². The van der Waals surface area contributed by atoms with Crippen molar-refractivity contribution >= 4 is 11.8 Å². The standard InChI is InChI=1S/C17H31N3O2/c1-11-5-4-6-15(12(11)2)19-17(22)13(3)20-9-7-14(8-10-20)16(18)21/h11-15H,4-10H2,1-3H3,(H2,18,21)(H,19,22)/t11-,12+,13-,15+/m1/s1. The van der Waals surface area contributed by atoms with E-state index < -0.39 is 0 Å². The van der Waals surface area contributed by atoms with Gasteiger partial charge in [-0.05, 0) is 51.1 Å². The monoisotopic (exact) mass is 309 g/mol. The van der Waals surface area contributed by atoms with Crippen molar-refractivity contribution in [1.29, 1.82) is 0 Å². The normalized spacial score (nSPS) is 32.4. The van der Waals surface area contributed by atoms with Gasteiger partial charge in [-0.15, -0.1) is 0 Å². The molecule has 1 aliphatic carbocycles. The van der Waals surface area contributed by atoms with E-state index in [2.05, 4.69) is 24.1 Å². The lowest BCUT2D eigenvalue weighted by Crippen LogP contribution is -2.53. The lowest BCUT2D eigenvalue weighted by molar-refractivity contribution is -0.128. The quantitative estimate of drug-likeness (QED) is 0.826. The number of hydrogen-bond donors (Lipinski definition) is 2. The maximum Gasteiger partial charge on any atom is 0.237 e. The van der Waals surface area contributed by atoms with Gasteiger partial charge in [-0.25, -0.2) is 0 Å². The Kier molecular flexibility index (Phi) is 5.84. The van der Waals surface area contributed by atoms with E-state index in [1.807, 2.05) is 6.92 Å². The molecule has 126 valence electrons. The van der Waals surface area contributed by atoms with Crippen molar-refractivity contribution in [3.05, 3.63) is 0 Å². The van der Waals surface area contributed by atoms with Crippen molar-refractivity contribution in [2.45, 2.75) is 65.0 Å². The second kappa shape index (κ2) is 7.44. The molecule has 3 N–H and O–H groups in total. The molecule has 0 spiro atoms. The molecule has 0 aromatic rings. The zero-order chi connectivity index (χ0) is 16.3. The van der Waals surface area contributed by atoms with Gasteiger partial charge in [-0.3, -0.25) is 14.5 Å². The number of nitrogens with zero attached hydrogens (tertiary/aromatic N) is 1. The fourth-order valence-electron chi connectivity index (χ4n) is 3.83. The summed E-state index contributed by atoms with van der Waals surface area (Å²) in [6.45, 7) is 8.05. The first-order valence-corrected chi connectivity index (χ1v) is 8.74. The van der Waals surface area contributed by atoms with E-state index >= 15 is 0 Å². The number of amides is 2. The molecule has 0 aromatic carbocycles. The molecule has 0 aromatic heterocycles. The van der Waals surface area contributed by atoms with Crippen molar-refractivity contribution in [2.75, 3.05) is 13.1 Å². The molecule has 1 heterocycles. The molecule has 1 saturated heterocycles. The SMILES string of the molecule is C[C@H]1[C@H](C)CCC[C@@H]1NC(=O)[C@@H](C)N1CCC(C(N)=O)CC1. The summed E-state index contributed by atoms with van der Waals surface area (Å²) in [5.41, 5.74) is 5.36. The van der Waals surface area contributed by atoms with Gasteiger partial charge in [0.2, 0.25) is 11.8 Å². The van der Waals surface area contributed by atoms with Gasteiger partial charge in [0.15, 0.2) is 0 Å². The third kappa shape index (κ3) is 4.00. The van der Waals surface area contributed by atoms with Gasteiger partial charge in [-0.2, -0.15) is 0 Å². The average Bonchev–Trinajstić information content (AvgIpc) is 2.51. The van der Waals surface area contributed by atoms with Crippen LogP contribution in [-0.2, 0) is 9.59 Å². The number of primary amides is 1. The second-order valence-electron chi connectivity index (χ2n) is 7.27. The van der Waals surface area contributed by atoms with E-state index in [0.717, 1.165) is 32.4 Å². The number of carbonyl (C=O) groups excluding carboxylic acids is 2. The molecule has 1 aliphatic heterocycles. The second-order valence-corrected chi connectivity index (χ2v) is 7.27. The van der Waals surface area contributed by atoms with Crippen LogP contribution in [0.2, 0.25) is 0 Å². The third-order valence-electron chi connectivity index (χ3n) is 5.89. The largest absolute Gasteiger partial charge is 0.369 e. The van der Waals surface area contributed by atoms with Crippen LogP contribution >= 0.6 is 0 Å². The van der Waals surface area contributed by atoms with Gasteiger partial charge < -0.3 is 11.1 Å². The number of likely N-dealkylation sites (tertiary alicyclic amines) is 1. The van der Waals surface area contributed by atoms with Crippen LogP contribution in [0, 0.1) is 17.8 Å². The third-order valence-corrected chi connectivity index (χ3v) is 5.89. The summed E-state index contributed by atoms with van der Waals surface area (Å²) in [6, 6.07) is 0.181. The van der Waals surface area contributed by atoms with Gasteiger partial charge in [-0.1, -0.05) is 26.7 Å².